The fourth-order valence-electron chi connectivity index (χ4n) is 1.21. The standard InChI is InChI=1S/C9H8N4/c1-6-4-7-9(11-5-6)13-8(12-7)2-3-10/h4-5H,2H2,1H3,(H,11,12,13). The van der Waals surface area contributed by atoms with Crippen LogP contribution in [0.15, 0.2) is 12.3 Å². The number of pyridine rings is 1. The molecule has 2 rings (SSSR count). The van der Waals surface area contributed by atoms with Crippen molar-refractivity contribution in [3.63, 3.8) is 0 Å². The Morgan fingerprint density at radius 3 is 3.23 bits per heavy atom. The molecule has 1 N–H and O–H groups in total. The molecule has 0 fully saturated rings. The van der Waals surface area contributed by atoms with Gasteiger partial charge in [-0.15, -0.1) is 0 Å². The number of nitrogens with one attached hydrogen (secondary N) is 1. The largest absolute Gasteiger partial charge is 0.340 e. The van der Waals surface area contributed by atoms with E-state index < -0.39 is 0 Å². The van der Waals surface area contributed by atoms with E-state index in [1.807, 2.05) is 19.1 Å². The van der Waals surface area contributed by atoms with E-state index in [2.05, 4.69) is 15.0 Å². The third-order valence-electron chi connectivity index (χ3n) is 1.77. The number of hydrogen-bond acceptors (Lipinski definition) is 3. The molecule has 2 heterocycles. The quantitative estimate of drug-likeness (QED) is 0.705. The Morgan fingerprint density at radius 1 is 1.62 bits per heavy atom. The average molecular weight is 172 g/mol. The maximum absolute atomic E-state index is 8.47. The average Bonchev–Trinajstić information content (AvgIpc) is 2.46. The molecule has 0 atom stereocenters. The summed E-state index contributed by atoms with van der Waals surface area (Å²) in [6, 6.07) is 4.01. The Bertz CT molecular complexity index is 478. The van der Waals surface area contributed by atoms with Gasteiger partial charge in [0.15, 0.2) is 5.65 Å². The van der Waals surface area contributed by atoms with Crippen LogP contribution in [0.2, 0.25) is 0 Å². The van der Waals surface area contributed by atoms with E-state index in [1.54, 1.807) is 6.20 Å². The van der Waals surface area contributed by atoms with Crippen LogP contribution in [-0.2, 0) is 6.42 Å². The molecule has 0 aliphatic heterocycles. The molecule has 0 bridgehead atoms. The summed E-state index contributed by atoms with van der Waals surface area (Å²) in [6.45, 7) is 1.97. The van der Waals surface area contributed by atoms with Gasteiger partial charge in [-0.25, -0.2) is 9.97 Å². The summed E-state index contributed by atoms with van der Waals surface area (Å²) in [5, 5.41) is 8.47. The van der Waals surface area contributed by atoms with E-state index in [0.717, 1.165) is 11.1 Å². The summed E-state index contributed by atoms with van der Waals surface area (Å²) in [7, 11) is 0. The van der Waals surface area contributed by atoms with Crippen molar-refractivity contribution in [2.75, 3.05) is 0 Å². The Morgan fingerprint density at radius 2 is 2.46 bits per heavy atom. The van der Waals surface area contributed by atoms with Crippen LogP contribution < -0.4 is 0 Å². The number of fused-ring (bicyclic) bond motifs is 1. The van der Waals surface area contributed by atoms with Crippen molar-refractivity contribution < 1.29 is 0 Å². The predicted octanol–water partition coefficient (Wildman–Crippen LogP) is 1.33. The van der Waals surface area contributed by atoms with Crippen molar-refractivity contribution in [2.24, 2.45) is 0 Å². The highest BCUT2D eigenvalue weighted by molar-refractivity contribution is 5.70. The molecule has 64 valence electrons. The van der Waals surface area contributed by atoms with Gasteiger partial charge in [0.1, 0.15) is 5.82 Å². The fourth-order valence-corrected chi connectivity index (χ4v) is 1.21. The van der Waals surface area contributed by atoms with Crippen LogP contribution in [-0.4, -0.2) is 15.0 Å². The Balaban J connectivity index is 2.57. The van der Waals surface area contributed by atoms with Gasteiger partial charge in [0, 0.05) is 6.20 Å². The number of hydrogen-bond donors (Lipinski definition) is 1. The van der Waals surface area contributed by atoms with E-state index in [1.165, 1.54) is 0 Å². The molecule has 0 aliphatic rings. The number of aromatic amines is 1. The van der Waals surface area contributed by atoms with Crippen LogP contribution in [0.1, 0.15) is 11.4 Å². The zero-order valence-corrected chi connectivity index (χ0v) is 7.20. The van der Waals surface area contributed by atoms with Gasteiger partial charge in [-0.1, -0.05) is 0 Å². The van der Waals surface area contributed by atoms with Gasteiger partial charge in [0.05, 0.1) is 18.0 Å². The molecular formula is C9H8N4. The highest BCUT2D eigenvalue weighted by atomic mass is 15.0. The van der Waals surface area contributed by atoms with Crippen LogP contribution in [0.3, 0.4) is 0 Å². The lowest BCUT2D eigenvalue weighted by Gasteiger charge is -1.88. The summed E-state index contributed by atoms with van der Waals surface area (Å²) in [6.07, 6.45) is 2.06. The molecule has 0 saturated carbocycles. The minimum Gasteiger partial charge on any atom is -0.340 e. The molecule has 4 heteroatoms. The number of H-pyrrole nitrogens is 1. The Labute approximate surface area is 75.2 Å². The highest BCUT2D eigenvalue weighted by Crippen LogP contribution is 2.09. The van der Waals surface area contributed by atoms with E-state index in [4.69, 9.17) is 5.26 Å². The molecule has 2 aromatic heterocycles. The molecule has 0 radical (unpaired) electrons. The lowest BCUT2D eigenvalue weighted by atomic mass is 10.3. The van der Waals surface area contributed by atoms with Crippen molar-refractivity contribution in [3.8, 4) is 6.07 Å². The second kappa shape index (κ2) is 2.87. The van der Waals surface area contributed by atoms with Crippen molar-refractivity contribution >= 4 is 11.2 Å². The van der Waals surface area contributed by atoms with Crippen LogP contribution in [0, 0.1) is 18.3 Å². The minimum atomic E-state index is 0.301. The van der Waals surface area contributed by atoms with Crippen molar-refractivity contribution in [3.05, 3.63) is 23.7 Å². The third kappa shape index (κ3) is 1.36. The zero-order valence-electron chi connectivity index (χ0n) is 7.20. The van der Waals surface area contributed by atoms with Gasteiger partial charge in [0.2, 0.25) is 0 Å². The van der Waals surface area contributed by atoms with Crippen molar-refractivity contribution in [1.29, 1.82) is 5.26 Å². The van der Waals surface area contributed by atoms with Gasteiger partial charge in [-0.05, 0) is 18.6 Å². The first-order valence-corrected chi connectivity index (χ1v) is 3.98. The summed E-state index contributed by atoms with van der Waals surface area (Å²) in [4.78, 5) is 11.3. The lowest BCUT2D eigenvalue weighted by molar-refractivity contribution is 1.07. The molecule has 13 heavy (non-hydrogen) atoms. The van der Waals surface area contributed by atoms with E-state index in [-0.39, 0.29) is 0 Å². The number of aromatic nitrogens is 3. The third-order valence-corrected chi connectivity index (χ3v) is 1.77. The summed E-state index contributed by atoms with van der Waals surface area (Å²) >= 11 is 0. The second-order valence-corrected chi connectivity index (χ2v) is 2.90. The molecule has 4 nitrogen and oxygen atoms in total. The molecular weight excluding hydrogens is 164 g/mol. The highest BCUT2D eigenvalue weighted by Gasteiger charge is 2.02. The number of rotatable bonds is 1. The predicted molar refractivity (Wildman–Crippen MR) is 47.9 cm³/mol. The number of aryl methyl sites for hydroxylation is 1. The van der Waals surface area contributed by atoms with E-state index in [9.17, 15) is 0 Å². The van der Waals surface area contributed by atoms with Gasteiger partial charge < -0.3 is 4.98 Å². The van der Waals surface area contributed by atoms with Gasteiger partial charge in [-0.2, -0.15) is 5.26 Å². The molecule has 0 spiro atoms. The Kier molecular flexibility index (Phi) is 1.71. The maximum Gasteiger partial charge on any atom is 0.177 e. The first kappa shape index (κ1) is 7.74. The second-order valence-electron chi connectivity index (χ2n) is 2.90. The normalized spacial score (nSPS) is 10.2. The molecule has 0 saturated heterocycles. The summed E-state index contributed by atoms with van der Waals surface area (Å²) in [5.74, 6) is 0.676. The van der Waals surface area contributed by atoms with Gasteiger partial charge >= 0.3 is 0 Å². The Hall–Kier alpha value is -1.89. The van der Waals surface area contributed by atoms with Crippen LogP contribution in [0.5, 0.6) is 0 Å². The van der Waals surface area contributed by atoms with Crippen LogP contribution in [0.25, 0.3) is 11.2 Å². The number of nitrogens with zero attached hydrogens (tertiary/aromatic N) is 3. The maximum atomic E-state index is 8.47. The molecule has 0 aromatic carbocycles. The van der Waals surface area contributed by atoms with E-state index >= 15 is 0 Å². The van der Waals surface area contributed by atoms with Gasteiger partial charge in [-0.3, -0.25) is 0 Å². The van der Waals surface area contributed by atoms with E-state index in [0.29, 0.717) is 17.9 Å². The van der Waals surface area contributed by atoms with Crippen LogP contribution in [0.4, 0.5) is 0 Å². The summed E-state index contributed by atoms with van der Waals surface area (Å²) in [5.41, 5.74) is 2.65. The molecule has 0 unspecified atom stereocenters. The monoisotopic (exact) mass is 172 g/mol. The first-order valence-electron chi connectivity index (χ1n) is 3.98. The molecule has 2 aromatic rings. The van der Waals surface area contributed by atoms with Crippen molar-refractivity contribution in [2.45, 2.75) is 13.3 Å². The number of nitriles is 1. The van der Waals surface area contributed by atoms with Gasteiger partial charge in [0.25, 0.3) is 0 Å². The minimum absolute atomic E-state index is 0.301. The number of imidazole rings is 1. The lowest BCUT2D eigenvalue weighted by Crippen LogP contribution is -1.82. The molecule has 0 aliphatic carbocycles. The van der Waals surface area contributed by atoms with Crippen LogP contribution >= 0.6 is 0 Å². The summed E-state index contributed by atoms with van der Waals surface area (Å²) < 4.78 is 0. The SMILES string of the molecule is Cc1cnc2nc(CC#N)[nH]c2c1. The smallest absolute Gasteiger partial charge is 0.177 e. The topological polar surface area (TPSA) is 65.4 Å². The molecule has 0 amide bonds. The zero-order chi connectivity index (χ0) is 9.26. The fraction of sp³-hybridized carbons (Fsp3) is 0.222. The van der Waals surface area contributed by atoms with Crippen molar-refractivity contribution in [1.82, 2.24) is 15.0 Å². The first-order chi connectivity index (χ1) is 6.29.